The van der Waals surface area contributed by atoms with E-state index in [2.05, 4.69) is 20.5 Å². The third-order valence-corrected chi connectivity index (χ3v) is 4.32. The van der Waals surface area contributed by atoms with Crippen LogP contribution in [0, 0.1) is 5.82 Å². The molecule has 0 radical (unpaired) electrons. The van der Waals surface area contributed by atoms with Gasteiger partial charge in [-0.2, -0.15) is 0 Å². The Kier molecular flexibility index (Phi) is 5.24. The van der Waals surface area contributed by atoms with Crippen molar-refractivity contribution in [2.45, 2.75) is 24.1 Å². The summed E-state index contributed by atoms with van der Waals surface area (Å²) in [6, 6.07) is 6.33. The number of H-pyrrole nitrogens is 1. The van der Waals surface area contributed by atoms with E-state index in [0.29, 0.717) is 23.1 Å². The molecule has 1 fully saturated rings. The molecule has 1 saturated heterocycles. The quantitative estimate of drug-likeness (QED) is 0.789. The summed E-state index contributed by atoms with van der Waals surface area (Å²) in [4.78, 5) is 16.0. The van der Waals surface area contributed by atoms with E-state index in [4.69, 9.17) is 4.74 Å². The van der Waals surface area contributed by atoms with Crippen molar-refractivity contribution in [1.82, 2.24) is 20.5 Å². The summed E-state index contributed by atoms with van der Waals surface area (Å²) in [6.45, 7) is 1.30. The van der Waals surface area contributed by atoms with Crippen molar-refractivity contribution in [2.24, 2.45) is 0 Å². The van der Waals surface area contributed by atoms with E-state index in [1.807, 2.05) is 0 Å². The van der Waals surface area contributed by atoms with Crippen molar-refractivity contribution in [1.29, 1.82) is 0 Å². The number of halogens is 1. The van der Waals surface area contributed by atoms with Crippen LogP contribution in [0.3, 0.4) is 0 Å². The highest BCUT2D eigenvalue weighted by Crippen LogP contribution is 2.21. The molecule has 0 saturated carbocycles. The Morgan fingerprint density at radius 3 is 3.13 bits per heavy atom. The van der Waals surface area contributed by atoms with Crippen molar-refractivity contribution in [3.05, 3.63) is 30.1 Å². The van der Waals surface area contributed by atoms with Crippen molar-refractivity contribution in [3.63, 3.8) is 0 Å². The first kappa shape index (κ1) is 15.9. The van der Waals surface area contributed by atoms with Gasteiger partial charge in [0, 0.05) is 13.2 Å². The maximum Gasteiger partial charge on any atom is 0.230 e. The predicted octanol–water partition coefficient (Wildman–Crippen LogP) is 2.00. The fourth-order valence-corrected chi connectivity index (χ4v) is 2.93. The van der Waals surface area contributed by atoms with Gasteiger partial charge in [0.15, 0.2) is 5.82 Å². The number of benzene rings is 1. The van der Waals surface area contributed by atoms with E-state index in [0.717, 1.165) is 19.4 Å². The Balaban J connectivity index is 1.49. The first-order valence-electron chi connectivity index (χ1n) is 7.41. The smallest absolute Gasteiger partial charge is 0.230 e. The van der Waals surface area contributed by atoms with E-state index in [9.17, 15) is 9.18 Å². The highest BCUT2D eigenvalue weighted by molar-refractivity contribution is 7.99. The molecule has 0 spiro atoms. The summed E-state index contributed by atoms with van der Waals surface area (Å²) in [5, 5.41) is 9.93. The third-order valence-electron chi connectivity index (χ3n) is 3.48. The largest absolute Gasteiger partial charge is 0.376 e. The predicted molar refractivity (Wildman–Crippen MR) is 84.5 cm³/mol. The van der Waals surface area contributed by atoms with E-state index < -0.39 is 0 Å². The van der Waals surface area contributed by atoms with E-state index >= 15 is 0 Å². The van der Waals surface area contributed by atoms with Gasteiger partial charge in [-0.15, -0.1) is 5.10 Å². The van der Waals surface area contributed by atoms with Crippen LogP contribution in [0.15, 0.2) is 29.4 Å². The Morgan fingerprint density at radius 2 is 2.35 bits per heavy atom. The van der Waals surface area contributed by atoms with Gasteiger partial charge in [0.2, 0.25) is 11.1 Å². The lowest BCUT2D eigenvalue weighted by Crippen LogP contribution is -2.32. The van der Waals surface area contributed by atoms with Crippen LogP contribution in [-0.4, -0.2) is 46.1 Å². The lowest BCUT2D eigenvalue weighted by atomic mass is 10.2. The normalized spacial score (nSPS) is 17.3. The minimum absolute atomic E-state index is 0.0947. The minimum atomic E-state index is -0.366. The van der Waals surface area contributed by atoms with Gasteiger partial charge in [0.1, 0.15) is 5.82 Å². The number of ether oxygens (including phenoxy) is 1. The van der Waals surface area contributed by atoms with E-state index in [1.54, 1.807) is 18.2 Å². The van der Waals surface area contributed by atoms with Gasteiger partial charge in [-0.25, -0.2) is 9.37 Å². The van der Waals surface area contributed by atoms with Gasteiger partial charge in [0.05, 0.1) is 17.4 Å². The van der Waals surface area contributed by atoms with Gasteiger partial charge in [-0.05, 0) is 25.0 Å². The standard InChI is InChI=1S/C15H17FN4O2S/c16-12-6-2-1-5-11(12)14-18-15(20-19-14)23-9-13(21)17-8-10-4-3-7-22-10/h1-2,5-6,10H,3-4,7-9H2,(H,17,21)(H,18,19,20)/t10-/m1/s1. The SMILES string of the molecule is O=C(CSc1n[nH]c(-c2ccccc2F)n1)NC[C@H]1CCCO1. The summed E-state index contributed by atoms with van der Waals surface area (Å²) in [5.41, 5.74) is 0.356. The molecule has 23 heavy (non-hydrogen) atoms. The monoisotopic (exact) mass is 336 g/mol. The van der Waals surface area contributed by atoms with Gasteiger partial charge >= 0.3 is 0 Å². The number of aromatic amines is 1. The third kappa shape index (κ3) is 4.29. The Bertz CT molecular complexity index is 673. The van der Waals surface area contributed by atoms with Crippen LogP contribution in [0.25, 0.3) is 11.4 Å². The molecule has 122 valence electrons. The average Bonchev–Trinajstić information content (AvgIpc) is 3.23. The van der Waals surface area contributed by atoms with Crippen molar-refractivity contribution in [3.8, 4) is 11.4 Å². The maximum atomic E-state index is 13.7. The van der Waals surface area contributed by atoms with Gasteiger partial charge in [-0.3, -0.25) is 9.89 Å². The van der Waals surface area contributed by atoms with Crippen LogP contribution in [-0.2, 0) is 9.53 Å². The molecule has 6 nitrogen and oxygen atoms in total. The molecule has 1 aromatic carbocycles. The van der Waals surface area contributed by atoms with Crippen LogP contribution in [0.2, 0.25) is 0 Å². The topological polar surface area (TPSA) is 79.9 Å². The molecule has 3 rings (SSSR count). The van der Waals surface area contributed by atoms with Gasteiger partial charge < -0.3 is 10.1 Å². The van der Waals surface area contributed by atoms with Crippen LogP contribution in [0.4, 0.5) is 4.39 Å². The average molecular weight is 336 g/mol. The molecular weight excluding hydrogens is 319 g/mol. The molecule has 0 bridgehead atoms. The Labute approximate surface area is 137 Å². The van der Waals surface area contributed by atoms with Crippen LogP contribution < -0.4 is 5.32 Å². The van der Waals surface area contributed by atoms with Gasteiger partial charge in [-0.1, -0.05) is 23.9 Å². The zero-order valence-electron chi connectivity index (χ0n) is 12.4. The molecule has 2 aromatic rings. The molecule has 1 amide bonds. The van der Waals surface area contributed by atoms with Crippen molar-refractivity contribution >= 4 is 17.7 Å². The first-order valence-corrected chi connectivity index (χ1v) is 8.39. The molecule has 1 aliphatic rings. The maximum absolute atomic E-state index is 13.7. The number of carbonyl (C=O) groups is 1. The number of rotatable bonds is 6. The number of hydrogen-bond acceptors (Lipinski definition) is 5. The Morgan fingerprint density at radius 1 is 1.48 bits per heavy atom. The summed E-state index contributed by atoms with van der Waals surface area (Å²) in [7, 11) is 0. The van der Waals surface area contributed by atoms with Crippen LogP contribution >= 0.6 is 11.8 Å². The lowest BCUT2D eigenvalue weighted by Gasteiger charge is -2.09. The summed E-state index contributed by atoms with van der Waals surface area (Å²) >= 11 is 1.20. The molecular formula is C15H17FN4O2S. The molecule has 1 atom stereocenters. The minimum Gasteiger partial charge on any atom is -0.376 e. The number of amides is 1. The second-order valence-corrected chi connectivity index (χ2v) is 6.12. The second-order valence-electron chi connectivity index (χ2n) is 5.17. The summed E-state index contributed by atoms with van der Waals surface area (Å²) in [5.74, 6) is 0.101. The van der Waals surface area contributed by atoms with Crippen molar-refractivity contribution < 1.29 is 13.9 Å². The molecule has 2 N–H and O–H groups in total. The number of aromatic nitrogens is 3. The number of nitrogens with zero attached hydrogens (tertiary/aromatic N) is 2. The Hall–Kier alpha value is -1.93. The highest BCUT2D eigenvalue weighted by Gasteiger charge is 2.16. The van der Waals surface area contributed by atoms with E-state index in [-0.39, 0.29) is 23.6 Å². The van der Waals surface area contributed by atoms with E-state index in [1.165, 1.54) is 17.8 Å². The number of carbonyl (C=O) groups excluding carboxylic acids is 1. The molecule has 0 aliphatic carbocycles. The molecule has 0 unspecified atom stereocenters. The number of nitrogens with one attached hydrogen (secondary N) is 2. The van der Waals surface area contributed by atoms with Crippen molar-refractivity contribution in [2.75, 3.05) is 18.9 Å². The van der Waals surface area contributed by atoms with Gasteiger partial charge in [0.25, 0.3) is 0 Å². The molecule has 1 aliphatic heterocycles. The summed E-state index contributed by atoms with van der Waals surface area (Å²) < 4.78 is 19.1. The first-order chi connectivity index (χ1) is 11.2. The van der Waals surface area contributed by atoms with Crippen LogP contribution in [0.1, 0.15) is 12.8 Å². The fourth-order valence-electron chi connectivity index (χ4n) is 2.30. The highest BCUT2D eigenvalue weighted by atomic mass is 32.2. The lowest BCUT2D eigenvalue weighted by molar-refractivity contribution is -0.119. The fraction of sp³-hybridized carbons (Fsp3) is 0.400. The summed E-state index contributed by atoms with van der Waals surface area (Å²) in [6.07, 6.45) is 2.16. The van der Waals surface area contributed by atoms with Crippen LogP contribution in [0.5, 0.6) is 0 Å². The molecule has 2 heterocycles. The zero-order valence-corrected chi connectivity index (χ0v) is 13.2. The number of thioether (sulfide) groups is 1. The number of hydrogen-bond donors (Lipinski definition) is 2. The second kappa shape index (κ2) is 7.56. The molecule has 8 heteroatoms. The molecule has 1 aromatic heterocycles. The zero-order chi connectivity index (χ0) is 16.1.